The van der Waals surface area contributed by atoms with Crippen LogP contribution in [0.5, 0.6) is 29.5 Å². The molecule has 0 aliphatic rings. The van der Waals surface area contributed by atoms with Crippen LogP contribution in [0.15, 0.2) is 127 Å². The first-order chi connectivity index (χ1) is 23.0. The summed E-state index contributed by atoms with van der Waals surface area (Å²) in [6.07, 6.45) is 8.86. The largest absolute Gasteiger partial charge is 0.494 e. The Morgan fingerprint density at radius 2 is 1.21 bits per heavy atom. The summed E-state index contributed by atoms with van der Waals surface area (Å²) in [5.74, 6) is 1.29. The highest BCUT2D eigenvalue weighted by Gasteiger charge is 2.16. The van der Waals surface area contributed by atoms with Gasteiger partial charge in [-0.05, 0) is 85.0 Å². The van der Waals surface area contributed by atoms with Gasteiger partial charge < -0.3 is 18.9 Å². The predicted octanol–water partition coefficient (Wildman–Crippen LogP) is 9.64. The van der Waals surface area contributed by atoms with E-state index in [1.165, 1.54) is 12.8 Å². The Morgan fingerprint density at radius 1 is 0.660 bits per heavy atom. The van der Waals surface area contributed by atoms with Gasteiger partial charge in [-0.1, -0.05) is 98.6 Å². The van der Waals surface area contributed by atoms with Crippen LogP contribution in [0.3, 0.4) is 0 Å². The zero-order valence-electron chi connectivity index (χ0n) is 26.8. The molecule has 0 spiro atoms. The van der Waals surface area contributed by atoms with Crippen molar-refractivity contribution in [2.75, 3.05) is 6.61 Å². The number of esters is 1. The monoisotopic (exact) mass is 627 g/mol. The minimum atomic E-state index is -0.631. The van der Waals surface area contributed by atoms with E-state index in [2.05, 4.69) is 58.3 Å². The summed E-state index contributed by atoms with van der Waals surface area (Å²) >= 11 is 0. The fraction of sp³-hybridized carbons (Fsp3) is 0.179. The summed E-state index contributed by atoms with van der Waals surface area (Å²) in [7, 11) is 0. The Balaban J connectivity index is 1.25. The van der Waals surface area contributed by atoms with Gasteiger partial charge >= 0.3 is 24.0 Å². The van der Waals surface area contributed by atoms with Crippen molar-refractivity contribution in [2.45, 2.75) is 40.0 Å². The lowest BCUT2D eigenvalue weighted by atomic mass is 9.99. The second kappa shape index (κ2) is 16.5. The minimum Gasteiger partial charge on any atom is -0.494 e. The smallest absolute Gasteiger partial charge is 0.345 e. The SMILES string of the molecule is C/C=C\C=C(/C)Oc1nc(OC(=O)c2ccc(-c3ccc(-c4ccc(OCCCCC)cc4)cc3)cc2)nc(Oc2ccccc2)n1. The molecule has 238 valence electrons. The van der Waals surface area contributed by atoms with Gasteiger partial charge in [0.2, 0.25) is 0 Å². The average molecular weight is 628 g/mol. The van der Waals surface area contributed by atoms with E-state index in [1.54, 1.807) is 37.3 Å². The predicted molar refractivity (Wildman–Crippen MR) is 183 cm³/mol. The summed E-state index contributed by atoms with van der Waals surface area (Å²) in [6.45, 7) is 6.57. The van der Waals surface area contributed by atoms with E-state index in [9.17, 15) is 4.79 Å². The molecule has 0 atom stereocenters. The van der Waals surface area contributed by atoms with Gasteiger partial charge in [0, 0.05) is 0 Å². The van der Waals surface area contributed by atoms with Gasteiger partial charge in [0.05, 0.1) is 12.2 Å². The highest BCUT2D eigenvalue weighted by molar-refractivity contribution is 5.91. The molecule has 8 heteroatoms. The third-order valence-corrected chi connectivity index (χ3v) is 7.03. The molecule has 0 radical (unpaired) electrons. The first-order valence-corrected chi connectivity index (χ1v) is 15.6. The summed E-state index contributed by atoms with van der Waals surface area (Å²) in [4.78, 5) is 25.7. The number of ether oxygens (including phenoxy) is 4. The van der Waals surface area contributed by atoms with Gasteiger partial charge in [-0.2, -0.15) is 0 Å². The Kier molecular flexibility index (Phi) is 11.5. The van der Waals surface area contributed by atoms with E-state index in [-0.39, 0.29) is 18.0 Å². The van der Waals surface area contributed by atoms with Crippen LogP contribution < -0.4 is 18.9 Å². The van der Waals surface area contributed by atoms with Crippen LogP contribution in [0.25, 0.3) is 22.3 Å². The van der Waals surface area contributed by atoms with Crippen molar-refractivity contribution in [3.05, 3.63) is 133 Å². The summed E-state index contributed by atoms with van der Waals surface area (Å²) in [5, 5.41) is 0. The number of nitrogens with zero attached hydrogens (tertiary/aromatic N) is 3. The van der Waals surface area contributed by atoms with Crippen LogP contribution in [0.1, 0.15) is 50.4 Å². The third-order valence-electron chi connectivity index (χ3n) is 7.03. The van der Waals surface area contributed by atoms with Crippen LogP contribution in [-0.2, 0) is 0 Å². The second-order valence-corrected chi connectivity index (χ2v) is 10.6. The molecule has 0 saturated carbocycles. The summed E-state index contributed by atoms with van der Waals surface area (Å²) in [5.41, 5.74) is 4.54. The van der Waals surface area contributed by atoms with Crippen LogP contribution >= 0.6 is 0 Å². The van der Waals surface area contributed by atoms with Crippen molar-refractivity contribution in [3.63, 3.8) is 0 Å². The summed E-state index contributed by atoms with van der Waals surface area (Å²) < 4.78 is 22.9. The quantitative estimate of drug-likeness (QED) is 0.0520. The van der Waals surface area contributed by atoms with E-state index in [1.807, 2.05) is 61.5 Å². The summed E-state index contributed by atoms with van der Waals surface area (Å²) in [6, 6.07) is 32.2. The number of hydrogen-bond acceptors (Lipinski definition) is 8. The van der Waals surface area contributed by atoms with Gasteiger partial charge in [-0.15, -0.1) is 15.0 Å². The van der Waals surface area contributed by atoms with Crippen LogP contribution in [0, 0.1) is 0 Å². The van der Waals surface area contributed by atoms with Gasteiger partial charge in [-0.25, -0.2) is 4.79 Å². The molecule has 5 rings (SSSR count). The first-order valence-electron chi connectivity index (χ1n) is 15.6. The highest BCUT2D eigenvalue weighted by Crippen LogP contribution is 2.27. The molecule has 5 aromatic rings. The Labute approximate surface area is 275 Å². The van der Waals surface area contributed by atoms with Crippen molar-refractivity contribution in [1.29, 1.82) is 0 Å². The average Bonchev–Trinajstić information content (AvgIpc) is 3.10. The highest BCUT2D eigenvalue weighted by atomic mass is 16.6. The maximum Gasteiger partial charge on any atom is 0.345 e. The molecule has 1 heterocycles. The van der Waals surface area contributed by atoms with Crippen molar-refractivity contribution >= 4 is 5.97 Å². The van der Waals surface area contributed by atoms with Crippen LogP contribution in [0.2, 0.25) is 0 Å². The fourth-order valence-corrected chi connectivity index (χ4v) is 4.54. The number of unbranched alkanes of at least 4 members (excludes halogenated alkanes) is 2. The molecule has 4 aromatic carbocycles. The Morgan fingerprint density at radius 3 is 1.81 bits per heavy atom. The van der Waals surface area contributed by atoms with E-state index in [4.69, 9.17) is 18.9 Å². The number of carbonyl (C=O) groups excluding carboxylic acids is 1. The Hall–Kier alpha value is -5.76. The zero-order valence-corrected chi connectivity index (χ0v) is 26.8. The van der Waals surface area contributed by atoms with Gasteiger partial charge in [0.15, 0.2) is 0 Å². The molecule has 0 fully saturated rings. The van der Waals surface area contributed by atoms with Gasteiger partial charge in [0.25, 0.3) is 0 Å². The number of aromatic nitrogens is 3. The lowest BCUT2D eigenvalue weighted by molar-refractivity contribution is 0.0716. The fourth-order valence-electron chi connectivity index (χ4n) is 4.54. The second-order valence-electron chi connectivity index (χ2n) is 10.6. The van der Waals surface area contributed by atoms with E-state index >= 15 is 0 Å². The molecular formula is C39H37N3O5. The molecule has 0 aliphatic heterocycles. The van der Waals surface area contributed by atoms with E-state index in [0.717, 1.165) is 41.0 Å². The van der Waals surface area contributed by atoms with Crippen molar-refractivity contribution in [2.24, 2.45) is 0 Å². The number of para-hydroxylation sites is 1. The number of allylic oxidation sites excluding steroid dienone is 4. The van der Waals surface area contributed by atoms with Crippen LogP contribution in [0.4, 0.5) is 0 Å². The number of benzene rings is 4. The molecule has 0 amide bonds. The van der Waals surface area contributed by atoms with Gasteiger partial charge in [0.1, 0.15) is 17.3 Å². The molecule has 0 unspecified atom stereocenters. The molecular weight excluding hydrogens is 590 g/mol. The number of hydrogen-bond donors (Lipinski definition) is 0. The number of rotatable bonds is 14. The third kappa shape index (κ3) is 9.61. The van der Waals surface area contributed by atoms with Crippen molar-refractivity contribution in [1.82, 2.24) is 15.0 Å². The Bertz CT molecular complexity index is 1800. The van der Waals surface area contributed by atoms with Crippen molar-refractivity contribution < 1.29 is 23.7 Å². The van der Waals surface area contributed by atoms with E-state index in [0.29, 0.717) is 17.1 Å². The minimum absolute atomic E-state index is 0.0718. The van der Waals surface area contributed by atoms with Gasteiger partial charge in [-0.3, -0.25) is 0 Å². The molecule has 0 saturated heterocycles. The maximum atomic E-state index is 13.1. The molecule has 0 N–H and O–H groups in total. The standard InChI is InChI=1S/C39H37N3O5/c1-4-6-11-27-44-34-25-23-32(24-26-34)30-17-15-29(16-18-30)31-19-21-33(22-20-31)36(43)47-39-41-37(45-28(3)12-7-5-2)40-38(42-39)46-35-13-9-8-10-14-35/h5,7-10,12-26H,4,6,11,27H2,1-3H3/b7-5-,28-12+. The molecule has 0 bridgehead atoms. The zero-order chi connectivity index (χ0) is 32.8. The normalized spacial score (nSPS) is 11.3. The molecule has 1 aromatic heterocycles. The topological polar surface area (TPSA) is 92.7 Å². The molecule has 8 nitrogen and oxygen atoms in total. The van der Waals surface area contributed by atoms with Crippen molar-refractivity contribution in [3.8, 4) is 51.8 Å². The van der Waals surface area contributed by atoms with Crippen LogP contribution in [-0.4, -0.2) is 27.5 Å². The lowest BCUT2D eigenvalue weighted by Crippen LogP contribution is -2.12. The molecule has 47 heavy (non-hydrogen) atoms. The maximum absolute atomic E-state index is 13.1. The van der Waals surface area contributed by atoms with E-state index < -0.39 is 5.97 Å². The number of carbonyl (C=O) groups is 1. The first kappa shape index (κ1) is 32.6. The molecule has 0 aliphatic carbocycles. The lowest BCUT2D eigenvalue weighted by Gasteiger charge is -2.10.